The summed E-state index contributed by atoms with van der Waals surface area (Å²) in [6.07, 6.45) is 1.97. The molecule has 2 aromatic rings. The average molecular weight is 517 g/mol. The zero-order chi connectivity index (χ0) is 19.1. The molecule has 0 bridgehead atoms. The smallest absolute Gasteiger partial charge is 0.194 e. The van der Waals surface area contributed by atoms with E-state index in [1.165, 1.54) is 11.1 Å². The Morgan fingerprint density at radius 3 is 2.64 bits per heavy atom. The molecule has 0 radical (unpaired) electrons. The minimum absolute atomic E-state index is 0. The molecule has 1 aliphatic heterocycles. The fourth-order valence-electron chi connectivity index (χ4n) is 3.23. The number of hydrogen-bond acceptors (Lipinski definition) is 4. The molecule has 0 unspecified atom stereocenters. The molecule has 0 amide bonds. The van der Waals surface area contributed by atoms with Crippen LogP contribution >= 0.6 is 35.3 Å². The summed E-state index contributed by atoms with van der Waals surface area (Å²) in [6, 6.07) is 7.00. The van der Waals surface area contributed by atoms with E-state index in [1.54, 1.807) is 17.4 Å². The SMILES string of the molecule is CCNC(=NCCCc1nc(C)cs1)N1CCN(c2ccccc2F)CC1.I. The van der Waals surface area contributed by atoms with Crippen LogP contribution in [0, 0.1) is 12.7 Å². The second kappa shape index (κ2) is 11.5. The number of benzene rings is 1. The number of thiazole rings is 1. The third-order valence-corrected chi connectivity index (χ3v) is 5.61. The lowest BCUT2D eigenvalue weighted by Crippen LogP contribution is -2.52. The molecule has 1 fully saturated rings. The van der Waals surface area contributed by atoms with Gasteiger partial charge in [0.15, 0.2) is 5.96 Å². The van der Waals surface area contributed by atoms with Gasteiger partial charge in [0.2, 0.25) is 0 Å². The summed E-state index contributed by atoms with van der Waals surface area (Å²) < 4.78 is 14.0. The molecule has 1 aliphatic rings. The molecule has 0 saturated carbocycles. The molecule has 0 spiro atoms. The molecule has 1 saturated heterocycles. The third kappa shape index (κ3) is 6.30. The van der Waals surface area contributed by atoms with E-state index < -0.39 is 0 Å². The molecular formula is C20H29FIN5S. The van der Waals surface area contributed by atoms with Crippen LogP contribution in [-0.4, -0.2) is 55.1 Å². The largest absolute Gasteiger partial charge is 0.366 e. The van der Waals surface area contributed by atoms with Gasteiger partial charge in [-0.1, -0.05) is 12.1 Å². The Bertz CT molecular complexity index is 759. The van der Waals surface area contributed by atoms with Crippen LogP contribution in [0.4, 0.5) is 10.1 Å². The average Bonchev–Trinajstić information content (AvgIpc) is 3.10. The molecule has 0 atom stereocenters. The zero-order valence-electron chi connectivity index (χ0n) is 16.5. The molecule has 5 nitrogen and oxygen atoms in total. The summed E-state index contributed by atoms with van der Waals surface area (Å²) >= 11 is 1.72. The lowest BCUT2D eigenvalue weighted by Gasteiger charge is -2.37. The van der Waals surface area contributed by atoms with Gasteiger partial charge in [-0.3, -0.25) is 4.99 Å². The van der Waals surface area contributed by atoms with Crippen LogP contribution in [0.2, 0.25) is 0 Å². The highest BCUT2D eigenvalue weighted by Crippen LogP contribution is 2.20. The summed E-state index contributed by atoms with van der Waals surface area (Å²) in [5.41, 5.74) is 1.79. The minimum Gasteiger partial charge on any atom is -0.366 e. The number of halogens is 2. The highest BCUT2D eigenvalue weighted by molar-refractivity contribution is 14.0. The van der Waals surface area contributed by atoms with Crippen LogP contribution < -0.4 is 10.2 Å². The van der Waals surface area contributed by atoms with Crippen molar-refractivity contribution in [3.05, 3.63) is 46.2 Å². The van der Waals surface area contributed by atoms with Gasteiger partial charge in [0.1, 0.15) is 5.82 Å². The fourth-order valence-corrected chi connectivity index (χ4v) is 4.04. The summed E-state index contributed by atoms with van der Waals surface area (Å²) in [6.45, 7) is 9.02. The first-order chi connectivity index (χ1) is 13.2. The Hall–Kier alpha value is -1.42. The third-order valence-electron chi connectivity index (χ3n) is 4.58. The van der Waals surface area contributed by atoms with E-state index in [0.29, 0.717) is 5.69 Å². The Morgan fingerprint density at radius 2 is 2.00 bits per heavy atom. The van der Waals surface area contributed by atoms with E-state index in [-0.39, 0.29) is 29.8 Å². The predicted octanol–water partition coefficient (Wildman–Crippen LogP) is 3.93. The van der Waals surface area contributed by atoms with Crippen molar-refractivity contribution < 1.29 is 4.39 Å². The molecule has 1 aromatic heterocycles. The van der Waals surface area contributed by atoms with Crippen LogP contribution in [-0.2, 0) is 6.42 Å². The standard InChI is InChI=1S/C20H28FN5S.HI/c1-3-22-20(23-10-6-9-19-24-16(2)15-27-19)26-13-11-25(12-14-26)18-8-5-4-7-17(18)21;/h4-5,7-8,15H,3,6,9-14H2,1-2H3,(H,22,23);1H. The normalized spacial score (nSPS) is 14.8. The van der Waals surface area contributed by atoms with Gasteiger partial charge in [-0.2, -0.15) is 0 Å². The number of aromatic nitrogens is 1. The molecule has 1 N–H and O–H groups in total. The first-order valence-corrected chi connectivity index (χ1v) is 10.5. The van der Waals surface area contributed by atoms with Crippen LogP contribution in [0.15, 0.2) is 34.6 Å². The van der Waals surface area contributed by atoms with Gasteiger partial charge in [-0.25, -0.2) is 9.37 Å². The highest BCUT2D eigenvalue weighted by Gasteiger charge is 2.21. The maximum Gasteiger partial charge on any atom is 0.194 e. The van der Waals surface area contributed by atoms with Gasteiger partial charge in [0.05, 0.1) is 10.7 Å². The minimum atomic E-state index is -0.149. The monoisotopic (exact) mass is 517 g/mol. The maximum absolute atomic E-state index is 14.0. The van der Waals surface area contributed by atoms with Crippen molar-refractivity contribution in [2.75, 3.05) is 44.2 Å². The number of nitrogens with one attached hydrogen (secondary N) is 1. The predicted molar refractivity (Wildman–Crippen MR) is 127 cm³/mol. The molecule has 3 rings (SSSR count). The van der Waals surface area contributed by atoms with Gasteiger partial charge >= 0.3 is 0 Å². The fraction of sp³-hybridized carbons (Fsp3) is 0.500. The second-order valence-electron chi connectivity index (χ2n) is 6.65. The van der Waals surface area contributed by atoms with Gasteiger partial charge in [0.25, 0.3) is 0 Å². The van der Waals surface area contributed by atoms with Crippen molar-refractivity contribution in [1.29, 1.82) is 0 Å². The number of aliphatic imine (C=N–C) groups is 1. The highest BCUT2D eigenvalue weighted by atomic mass is 127. The van der Waals surface area contributed by atoms with Crippen molar-refractivity contribution in [1.82, 2.24) is 15.2 Å². The Kier molecular flexibility index (Phi) is 9.43. The van der Waals surface area contributed by atoms with E-state index in [4.69, 9.17) is 4.99 Å². The van der Waals surface area contributed by atoms with Crippen molar-refractivity contribution in [2.24, 2.45) is 4.99 Å². The maximum atomic E-state index is 14.0. The van der Waals surface area contributed by atoms with Crippen LogP contribution in [0.25, 0.3) is 0 Å². The number of piperazine rings is 1. The Labute approximate surface area is 188 Å². The molecule has 8 heteroatoms. The topological polar surface area (TPSA) is 43.8 Å². The number of guanidine groups is 1. The van der Waals surface area contributed by atoms with E-state index in [0.717, 1.165) is 63.8 Å². The molecule has 2 heterocycles. The van der Waals surface area contributed by atoms with Crippen LogP contribution in [0.3, 0.4) is 0 Å². The summed E-state index contributed by atoms with van der Waals surface area (Å²) in [5.74, 6) is 0.810. The number of anilines is 1. The van der Waals surface area contributed by atoms with Crippen molar-refractivity contribution in [3.63, 3.8) is 0 Å². The first kappa shape index (κ1) is 22.9. The van der Waals surface area contributed by atoms with E-state index in [9.17, 15) is 4.39 Å². The lowest BCUT2D eigenvalue weighted by atomic mass is 10.2. The molecular weight excluding hydrogens is 488 g/mol. The first-order valence-electron chi connectivity index (χ1n) is 9.61. The zero-order valence-corrected chi connectivity index (χ0v) is 19.7. The van der Waals surface area contributed by atoms with Gasteiger partial charge in [-0.05, 0) is 32.4 Å². The van der Waals surface area contributed by atoms with Crippen LogP contribution in [0.1, 0.15) is 24.0 Å². The molecule has 28 heavy (non-hydrogen) atoms. The summed E-state index contributed by atoms with van der Waals surface area (Å²) in [4.78, 5) is 13.7. The number of nitrogens with zero attached hydrogens (tertiary/aromatic N) is 4. The van der Waals surface area contributed by atoms with Crippen LogP contribution in [0.5, 0.6) is 0 Å². The summed E-state index contributed by atoms with van der Waals surface area (Å²) in [7, 11) is 0. The second-order valence-corrected chi connectivity index (χ2v) is 7.59. The Morgan fingerprint density at radius 1 is 1.25 bits per heavy atom. The summed E-state index contributed by atoms with van der Waals surface area (Å²) in [5, 5.41) is 6.67. The lowest BCUT2D eigenvalue weighted by molar-refractivity contribution is 0.370. The molecule has 0 aliphatic carbocycles. The van der Waals surface area contributed by atoms with Gasteiger partial charge < -0.3 is 15.1 Å². The molecule has 154 valence electrons. The molecule has 1 aromatic carbocycles. The Balaban J connectivity index is 0.00000280. The van der Waals surface area contributed by atoms with E-state index in [1.807, 2.05) is 19.1 Å². The van der Waals surface area contributed by atoms with E-state index >= 15 is 0 Å². The van der Waals surface area contributed by atoms with Crippen molar-refractivity contribution >= 4 is 47.0 Å². The van der Waals surface area contributed by atoms with E-state index in [2.05, 4.69) is 32.4 Å². The van der Waals surface area contributed by atoms with Crippen molar-refractivity contribution in [2.45, 2.75) is 26.7 Å². The number of rotatable bonds is 6. The van der Waals surface area contributed by atoms with Crippen molar-refractivity contribution in [3.8, 4) is 0 Å². The van der Waals surface area contributed by atoms with Gasteiger partial charge in [0, 0.05) is 56.8 Å². The number of aryl methyl sites for hydroxylation is 2. The quantitative estimate of drug-likeness (QED) is 0.273. The number of hydrogen-bond donors (Lipinski definition) is 1. The van der Waals surface area contributed by atoms with Gasteiger partial charge in [-0.15, -0.1) is 35.3 Å². The number of para-hydroxylation sites is 1.